The van der Waals surface area contributed by atoms with E-state index in [1.54, 1.807) is 11.1 Å². The van der Waals surface area contributed by atoms with Crippen LogP contribution in [-0.2, 0) is 16.2 Å². The number of nitrogens with zero attached hydrogens (tertiary/aromatic N) is 2. The van der Waals surface area contributed by atoms with Gasteiger partial charge in [-0.2, -0.15) is 0 Å². The molecule has 4 fully saturated rings. The lowest BCUT2D eigenvalue weighted by Gasteiger charge is -2.92. The van der Waals surface area contributed by atoms with Gasteiger partial charge in [-0.05, 0) is 180 Å². The number of aromatic nitrogens is 1. The Morgan fingerprint density at radius 1 is 0.398 bits per heavy atom. The maximum atomic E-state index is 2.67. The van der Waals surface area contributed by atoms with Gasteiger partial charge < -0.3 is 9.47 Å². The van der Waals surface area contributed by atoms with Gasteiger partial charge in [0.25, 0.3) is 0 Å². The lowest BCUT2D eigenvalue weighted by Crippen LogP contribution is -2.88. The zero-order chi connectivity index (χ0) is 55.7. The van der Waals surface area contributed by atoms with Crippen molar-refractivity contribution in [2.75, 3.05) is 4.90 Å². The average molecular weight is 1070 g/mol. The van der Waals surface area contributed by atoms with Crippen molar-refractivity contribution < 1.29 is 0 Å². The van der Waals surface area contributed by atoms with Crippen LogP contribution in [0.25, 0.3) is 93.9 Å². The van der Waals surface area contributed by atoms with Crippen molar-refractivity contribution in [2.45, 2.75) is 77.0 Å². The summed E-state index contributed by atoms with van der Waals surface area (Å²) in [6.45, 7) is 14.1. The van der Waals surface area contributed by atoms with E-state index >= 15 is 0 Å². The predicted octanol–water partition coefficient (Wildman–Crippen LogP) is 21.6. The molecular weight excluding hydrogens is 1000 g/mol. The summed E-state index contributed by atoms with van der Waals surface area (Å²) in [5.74, 6) is 3.41. The summed E-state index contributed by atoms with van der Waals surface area (Å²) >= 11 is 0. The first-order valence-electron chi connectivity index (χ1n) is 30.5. The first-order chi connectivity index (χ1) is 40.4. The molecule has 0 radical (unpaired) electrons. The summed E-state index contributed by atoms with van der Waals surface area (Å²) in [5, 5.41) is 4.99. The molecule has 5 unspecified atom stereocenters. The summed E-state index contributed by atoms with van der Waals surface area (Å²) in [7, 11) is 0. The predicted molar refractivity (Wildman–Crippen MR) is 349 cm³/mol. The molecule has 0 saturated heterocycles. The molecule has 11 aromatic carbocycles. The van der Waals surface area contributed by atoms with E-state index in [0.29, 0.717) is 5.41 Å². The Morgan fingerprint density at radius 3 is 1.70 bits per heavy atom. The highest BCUT2D eigenvalue weighted by Gasteiger charge is 2.90. The third kappa shape index (κ3) is 6.67. The second-order valence-corrected chi connectivity index (χ2v) is 27.2. The maximum Gasteiger partial charge on any atom is 0.0619 e. The van der Waals surface area contributed by atoms with Gasteiger partial charge in [0.1, 0.15) is 0 Å². The lowest BCUT2D eigenvalue weighted by molar-refractivity contribution is -0.412. The minimum absolute atomic E-state index is 0.0251. The third-order valence-electron chi connectivity index (χ3n) is 21.4. The van der Waals surface area contributed by atoms with Gasteiger partial charge in [0.2, 0.25) is 0 Å². The van der Waals surface area contributed by atoms with Crippen LogP contribution in [0.4, 0.5) is 17.1 Å². The molecule has 2 nitrogen and oxygen atoms in total. The fourth-order valence-electron chi connectivity index (χ4n) is 17.7. The Hall–Kier alpha value is -8.72. The lowest BCUT2D eigenvalue weighted by atomic mass is 9.11. The van der Waals surface area contributed by atoms with Gasteiger partial charge in [-0.3, -0.25) is 0 Å². The van der Waals surface area contributed by atoms with Gasteiger partial charge in [0.05, 0.1) is 22.4 Å². The summed E-state index contributed by atoms with van der Waals surface area (Å²) in [6, 6.07) is 92.8. The molecule has 0 N–H and O–H groups in total. The van der Waals surface area contributed by atoms with E-state index in [1.165, 1.54) is 119 Å². The van der Waals surface area contributed by atoms with Gasteiger partial charge >= 0.3 is 0 Å². The van der Waals surface area contributed by atoms with Gasteiger partial charge in [-0.25, -0.2) is 0 Å². The van der Waals surface area contributed by atoms with Crippen molar-refractivity contribution in [1.29, 1.82) is 0 Å². The number of anilines is 3. The molecule has 5 aliphatic rings. The molecule has 1 aromatic heterocycles. The largest absolute Gasteiger partial charge is 0.309 e. The molecule has 402 valence electrons. The Balaban J connectivity index is 0.896. The van der Waals surface area contributed by atoms with Crippen LogP contribution >= 0.6 is 0 Å². The van der Waals surface area contributed by atoms with E-state index in [2.05, 4.69) is 294 Å². The molecule has 1 heterocycles. The van der Waals surface area contributed by atoms with Gasteiger partial charge in [0.15, 0.2) is 0 Å². The minimum Gasteiger partial charge on any atom is -0.309 e. The highest BCUT2D eigenvalue weighted by Crippen LogP contribution is 2.95. The van der Waals surface area contributed by atoms with Crippen LogP contribution < -0.4 is 4.90 Å². The van der Waals surface area contributed by atoms with Gasteiger partial charge in [-0.1, -0.05) is 236 Å². The van der Waals surface area contributed by atoms with Crippen LogP contribution in [0.5, 0.6) is 0 Å². The van der Waals surface area contributed by atoms with Gasteiger partial charge in [-0.15, -0.1) is 0 Å². The molecular formula is C81H68N2. The van der Waals surface area contributed by atoms with Crippen molar-refractivity contribution in [3.05, 3.63) is 265 Å². The Labute approximate surface area is 488 Å². The van der Waals surface area contributed by atoms with E-state index in [0.717, 1.165) is 46.4 Å². The minimum atomic E-state index is -0.0251. The molecule has 0 bridgehead atoms. The van der Waals surface area contributed by atoms with Crippen LogP contribution in [0.3, 0.4) is 0 Å². The second kappa shape index (κ2) is 17.4. The van der Waals surface area contributed by atoms with Crippen LogP contribution in [0.15, 0.2) is 243 Å². The van der Waals surface area contributed by atoms with Crippen molar-refractivity contribution in [3.8, 4) is 61.3 Å². The third-order valence-corrected chi connectivity index (χ3v) is 21.4. The summed E-state index contributed by atoms with van der Waals surface area (Å²) in [6.07, 6.45) is 4.24. The highest BCUT2D eigenvalue weighted by molar-refractivity contribution is 6.14. The zero-order valence-electron chi connectivity index (χ0n) is 48.4. The van der Waals surface area contributed by atoms with E-state index in [-0.39, 0.29) is 16.2 Å². The number of hydrogen-bond donors (Lipinski definition) is 0. The molecule has 6 atom stereocenters. The van der Waals surface area contributed by atoms with Crippen molar-refractivity contribution in [2.24, 2.45) is 29.1 Å². The number of hydrogen-bond acceptors (Lipinski definition) is 1. The standard InChI is InChI=1S/C81H68N2/c1-78(2,3)54-42-53(43-55(46-54)79(4,5)6)61-32-19-22-50-23-20-34-67(76(50)61)65-30-12-16-38-72(65)82(59-27-18-24-51(44-59)62-33-21-35-68-66-31-13-17-39-73(66)83(77(62)68)58-25-8-7-9-26-58)71-37-15-11-28-60(71)52-40-41-64-63-29-10-14-36-69(63)81(70(64)45-52)74-48-56-47-57-49-75(81)80(56,57)74/h7-46,56-57,74-75H,47-49H2,1-6H3/t56-,57?,74?,75?,80?,81?/m0/s1. The normalized spacial score (nSPS) is 21.6. The van der Waals surface area contributed by atoms with E-state index in [1.807, 2.05) is 0 Å². The quantitative estimate of drug-likeness (QED) is 0.147. The van der Waals surface area contributed by atoms with Crippen molar-refractivity contribution in [1.82, 2.24) is 4.57 Å². The summed E-state index contributed by atoms with van der Waals surface area (Å²) < 4.78 is 2.47. The number of rotatable bonds is 8. The van der Waals surface area contributed by atoms with Crippen LogP contribution in [0, 0.1) is 29.1 Å². The molecule has 0 amide bonds. The molecule has 12 aromatic rings. The number of benzene rings is 11. The van der Waals surface area contributed by atoms with Gasteiger partial charge in [0, 0.05) is 44.3 Å². The zero-order valence-corrected chi connectivity index (χ0v) is 48.4. The molecule has 5 aliphatic carbocycles. The molecule has 4 saturated carbocycles. The number of para-hydroxylation sites is 5. The Kier molecular flexibility index (Phi) is 10.3. The van der Waals surface area contributed by atoms with Crippen molar-refractivity contribution >= 4 is 49.6 Å². The highest BCUT2D eigenvalue weighted by atomic mass is 15.1. The smallest absolute Gasteiger partial charge is 0.0619 e. The van der Waals surface area contributed by atoms with E-state index in [9.17, 15) is 0 Å². The first-order valence-corrected chi connectivity index (χ1v) is 30.5. The molecule has 0 aliphatic heterocycles. The maximum absolute atomic E-state index is 2.67. The van der Waals surface area contributed by atoms with Crippen LogP contribution in [-0.4, -0.2) is 4.57 Å². The fourth-order valence-corrected chi connectivity index (χ4v) is 17.7. The Morgan fingerprint density at radius 2 is 0.964 bits per heavy atom. The molecule has 2 heteroatoms. The summed E-state index contributed by atoms with van der Waals surface area (Å²) in [4.78, 5) is 2.60. The number of fused-ring (bicyclic) bond motifs is 11. The first kappa shape index (κ1) is 48.9. The SMILES string of the molecule is CC(C)(C)c1cc(-c2cccc3cccc(-c4ccccc4N(c4cccc(-c5cccc6c7ccccc7n(-c7ccccc7)c56)c4)c4ccccc4-c4ccc5c(c4)C4(c6ccccc6-5)C5CC6C[C@H]7CC4C657)c23)cc(C(C)(C)C)c1. The van der Waals surface area contributed by atoms with Crippen LogP contribution in [0.2, 0.25) is 0 Å². The topological polar surface area (TPSA) is 8.17 Å². The van der Waals surface area contributed by atoms with Crippen molar-refractivity contribution in [3.63, 3.8) is 0 Å². The average Bonchev–Trinajstić information content (AvgIpc) is 1.59. The molecule has 83 heavy (non-hydrogen) atoms. The summed E-state index contributed by atoms with van der Waals surface area (Å²) in [5.41, 5.74) is 26.2. The molecule has 17 rings (SSSR count). The Bertz CT molecular complexity index is 4610. The fraction of sp³-hybridized carbons (Fsp3) is 0.210. The van der Waals surface area contributed by atoms with Crippen LogP contribution in [0.1, 0.15) is 83.1 Å². The van der Waals surface area contributed by atoms with E-state index in [4.69, 9.17) is 0 Å². The monoisotopic (exact) mass is 1070 g/mol. The molecule has 2 spiro atoms. The second-order valence-electron chi connectivity index (χ2n) is 27.2. The van der Waals surface area contributed by atoms with E-state index < -0.39 is 0 Å².